The van der Waals surface area contributed by atoms with Crippen LogP contribution in [0.4, 0.5) is 0 Å². The zero-order valence-corrected chi connectivity index (χ0v) is 6.53. The Morgan fingerprint density at radius 1 is 1.62 bits per heavy atom. The molecule has 0 aliphatic rings. The van der Waals surface area contributed by atoms with E-state index in [1.54, 1.807) is 6.08 Å². The van der Waals surface area contributed by atoms with E-state index >= 15 is 0 Å². The predicted octanol–water partition coefficient (Wildman–Crippen LogP) is 3.03. The number of hydrogen-bond acceptors (Lipinski definition) is 0. The van der Waals surface area contributed by atoms with Crippen molar-refractivity contribution in [2.24, 2.45) is 0 Å². The topological polar surface area (TPSA) is 0 Å². The predicted molar refractivity (Wildman–Crippen MR) is 42.0 cm³/mol. The molecule has 0 amide bonds. The van der Waals surface area contributed by atoms with Gasteiger partial charge in [0.05, 0.1) is 0 Å². The lowest BCUT2D eigenvalue weighted by Crippen LogP contribution is -1.67. The van der Waals surface area contributed by atoms with Gasteiger partial charge in [-0.2, -0.15) is 0 Å². The van der Waals surface area contributed by atoms with Crippen LogP contribution in [0.1, 0.15) is 6.92 Å². The maximum Gasteiger partial charge on any atom is 0.0198 e. The van der Waals surface area contributed by atoms with Crippen molar-refractivity contribution in [2.75, 3.05) is 0 Å². The number of hydrogen-bond donors (Lipinski definition) is 0. The van der Waals surface area contributed by atoms with Gasteiger partial charge in [-0.15, -0.1) is 0 Å². The molecule has 0 radical (unpaired) electrons. The summed E-state index contributed by atoms with van der Waals surface area (Å²) in [6.07, 6.45) is 3.58. The zero-order valence-electron chi connectivity index (χ0n) is 4.95. The van der Waals surface area contributed by atoms with E-state index in [9.17, 15) is 0 Å². The number of rotatable bonds is 2. The van der Waals surface area contributed by atoms with E-state index in [1.807, 2.05) is 13.0 Å². The SMILES string of the molecule is C=C/C=C(/Br)C(=C)C. The van der Waals surface area contributed by atoms with Crippen molar-refractivity contribution in [3.63, 3.8) is 0 Å². The van der Waals surface area contributed by atoms with E-state index in [-0.39, 0.29) is 0 Å². The largest absolute Gasteiger partial charge is 0.0990 e. The second-order valence-electron chi connectivity index (χ2n) is 1.53. The first-order chi connectivity index (χ1) is 3.68. The smallest absolute Gasteiger partial charge is 0.0198 e. The van der Waals surface area contributed by atoms with Gasteiger partial charge in [0, 0.05) is 4.48 Å². The van der Waals surface area contributed by atoms with E-state index < -0.39 is 0 Å². The first kappa shape index (κ1) is 7.70. The summed E-state index contributed by atoms with van der Waals surface area (Å²) in [5.41, 5.74) is 1.02. The van der Waals surface area contributed by atoms with Crippen LogP contribution in [-0.2, 0) is 0 Å². The van der Waals surface area contributed by atoms with Crippen molar-refractivity contribution in [3.05, 3.63) is 35.4 Å². The van der Waals surface area contributed by atoms with Crippen molar-refractivity contribution >= 4 is 15.9 Å². The van der Waals surface area contributed by atoms with Gasteiger partial charge in [-0.25, -0.2) is 0 Å². The van der Waals surface area contributed by atoms with Crippen LogP contribution in [0, 0.1) is 0 Å². The van der Waals surface area contributed by atoms with Gasteiger partial charge in [-0.3, -0.25) is 0 Å². The third kappa shape index (κ3) is 2.80. The maximum absolute atomic E-state index is 3.71. The van der Waals surface area contributed by atoms with E-state index in [2.05, 4.69) is 29.1 Å². The third-order valence-electron chi connectivity index (χ3n) is 0.672. The molecule has 0 aromatic carbocycles. The van der Waals surface area contributed by atoms with Crippen LogP contribution >= 0.6 is 15.9 Å². The molecule has 8 heavy (non-hydrogen) atoms. The fourth-order valence-corrected chi connectivity index (χ4v) is 0.433. The van der Waals surface area contributed by atoms with Crippen molar-refractivity contribution in [2.45, 2.75) is 6.92 Å². The summed E-state index contributed by atoms with van der Waals surface area (Å²) in [6.45, 7) is 9.18. The van der Waals surface area contributed by atoms with Gasteiger partial charge in [0.25, 0.3) is 0 Å². The molecule has 0 aliphatic carbocycles. The first-order valence-electron chi connectivity index (χ1n) is 2.32. The lowest BCUT2D eigenvalue weighted by atomic mass is 10.3. The fraction of sp³-hybridized carbons (Fsp3) is 0.143. The molecule has 0 saturated carbocycles. The summed E-state index contributed by atoms with van der Waals surface area (Å²) in [4.78, 5) is 0. The number of halogens is 1. The van der Waals surface area contributed by atoms with Crippen molar-refractivity contribution < 1.29 is 0 Å². The molecule has 0 aromatic rings. The highest BCUT2D eigenvalue weighted by molar-refractivity contribution is 9.12. The molecule has 0 heterocycles. The highest BCUT2D eigenvalue weighted by Crippen LogP contribution is 2.13. The molecule has 0 aromatic heterocycles. The normalized spacial score (nSPS) is 11.0. The van der Waals surface area contributed by atoms with Gasteiger partial charge in [0.15, 0.2) is 0 Å². The molecule has 0 bridgehead atoms. The van der Waals surface area contributed by atoms with Gasteiger partial charge in [0.2, 0.25) is 0 Å². The standard InChI is InChI=1S/C7H9Br/c1-4-5-7(8)6(2)3/h4-5H,1-2H2,3H3/b7-5+. The van der Waals surface area contributed by atoms with E-state index in [0.717, 1.165) is 10.1 Å². The van der Waals surface area contributed by atoms with Crippen LogP contribution in [-0.4, -0.2) is 0 Å². The Kier molecular flexibility index (Phi) is 3.53. The highest BCUT2D eigenvalue weighted by atomic mass is 79.9. The van der Waals surface area contributed by atoms with Crippen LogP contribution in [0.2, 0.25) is 0 Å². The monoisotopic (exact) mass is 172 g/mol. The summed E-state index contributed by atoms with van der Waals surface area (Å²) in [5, 5.41) is 0. The quantitative estimate of drug-likeness (QED) is 0.563. The van der Waals surface area contributed by atoms with E-state index in [0.29, 0.717) is 0 Å². The maximum atomic E-state index is 3.71. The third-order valence-corrected chi connectivity index (χ3v) is 1.61. The first-order valence-corrected chi connectivity index (χ1v) is 3.12. The summed E-state index contributed by atoms with van der Waals surface area (Å²) in [7, 11) is 0. The van der Waals surface area contributed by atoms with Crippen molar-refractivity contribution in [3.8, 4) is 0 Å². The lowest BCUT2D eigenvalue weighted by Gasteiger charge is -1.90. The molecule has 1 heteroatoms. The lowest BCUT2D eigenvalue weighted by molar-refractivity contribution is 1.54. The molecule has 0 fully saturated rings. The van der Waals surface area contributed by atoms with Crippen molar-refractivity contribution in [1.82, 2.24) is 0 Å². The Morgan fingerprint density at radius 3 is 2.25 bits per heavy atom. The number of allylic oxidation sites excluding steroid dienone is 4. The van der Waals surface area contributed by atoms with Crippen LogP contribution in [0.15, 0.2) is 35.4 Å². The van der Waals surface area contributed by atoms with Gasteiger partial charge in [0.1, 0.15) is 0 Å². The van der Waals surface area contributed by atoms with Crippen LogP contribution < -0.4 is 0 Å². The van der Waals surface area contributed by atoms with Crippen molar-refractivity contribution in [1.29, 1.82) is 0 Å². The molecule has 0 unspecified atom stereocenters. The van der Waals surface area contributed by atoms with Crippen LogP contribution in [0.5, 0.6) is 0 Å². The minimum Gasteiger partial charge on any atom is -0.0990 e. The second kappa shape index (κ2) is 3.67. The van der Waals surface area contributed by atoms with Gasteiger partial charge in [-0.05, 0) is 18.6 Å². The van der Waals surface area contributed by atoms with E-state index in [1.165, 1.54) is 0 Å². The summed E-state index contributed by atoms with van der Waals surface area (Å²) in [6, 6.07) is 0. The van der Waals surface area contributed by atoms with Gasteiger partial charge >= 0.3 is 0 Å². The molecule has 0 saturated heterocycles. The molecular weight excluding hydrogens is 164 g/mol. The molecule has 0 N–H and O–H groups in total. The second-order valence-corrected chi connectivity index (χ2v) is 2.38. The molecular formula is C7H9Br. The Hall–Kier alpha value is -0.300. The molecule has 0 atom stereocenters. The molecule has 0 aliphatic heterocycles. The summed E-state index contributed by atoms with van der Waals surface area (Å²) in [5.74, 6) is 0. The Labute approximate surface area is 58.7 Å². The van der Waals surface area contributed by atoms with Gasteiger partial charge in [-0.1, -0.05) is 35.2 Å². The molecule has 0 spiro atoms. The fourth-order valence-electron chi connectivity index (χ4n) is 0.246. The Balaban J connectivity index is 3.99. The zero-order chi connectivity index (χ0) is 6.57. The average Bonchev–Trinajstić information content (AvgIpc) is 1.67. The van der Waals surface area contributed by atoms with E-state index in [4.69, 9.17) is 0 Å². The Bertz CT molecular complexity index is 131. The Morgan fingerprint density at radius 2 is 2.12 bits per heavy atom. The van der Waals surface area contributed by atoms with Crippen LogP contribution in [0.3, 0.4) is 0 Å². The molecule has 44 valence electrons. The molecule has 0 nitrogen and oxygen atoms in total. The minimum atomic E-state index is 1.01. The van der Waals surface area contributed by atoms with Gasteiger partial charge < -0.3 is 0 Å². The summed E-state index contributed by atoms with van der Waals surface area (Å²) >= 11 is 3.29. The molecule has 0 rings (SSSR count). The minimum absolute atomic E-state index is 1.01. The summed E-state index contributed by atoms with van der Waals surface area (Å²) < 4.78 is 1.01. The van der Waals surface area contributed by atoms with Crippen LogP contribution in [0.25, 0.3) is 0 Å². The average molecular weight is 173 g/mol. The highest BCUT2D eigenvalue weighted by Gasteiger charge is 1.85.